The first-order valence-electron chi connectivity index (χ1n) is 12.4. The van der Waals surface area contributed by atoms with Crippen LogP contribution in [0.3, 0.4) is 0 Å². The third-order valence-electron chi connectivity index (χ3n) is 6.15. The van der Waals surface area contributed by atoms with Crippen molar-refractivity contribution < 1.29 is 9.53 Å². The smallest absolute Gasteiger partial charge is 0.222 e. The largest absolute Gasteiger partial charge is 0.457 e. The summed E-state index contributed by atoms with van der Waals surface area (Å²) in [5, 5.41) is 6.82. The summed E-state index contributed by atoms with van der Waals surface area (Å²) in [6.07, 6.45) is 4.06. The molecule has 4 aromatic rings. The van der Waals surface area contributed by atoms with E-state index in [1.807, 2.05) is 59.5 Å². The van der Waals surface area contributed by atoms with Crippen LogP contribution in [0, 0.1) is 0 Å². The lowest BCUT2D eigenvalue weighted by molar-refractivity contribution is -0.127. The first kappa shape index (κ1) is 23.6. The van der Waals surface area contributed by atoms with Gasteiger partial charge >= 0.3 is 0 Å². The van der Waals surface area contributed by atoms with Crippen LogP contribution in [0.15, 0.2) is 60.9 Å². The van der Waals surface area contributed by atoms with Crippen LogP contribution < -0.4 is 15.4 Å². The number of hydrogen-bond donors (Lipinski definition) is 2. The molecule has 1 fully saturated rings. The Hall–Kier alpha value is -4.14. The number of aromatic nitrogens is 4. The Kier molecular flexibility index (Phi) is 6.97. The average molecular weight is 486 g/mol. The van der Waals surface area contributed by atoms with Gasteiger partial charge in [-0.05, 0) is 63.1 Å². The first-order chi connectivity index (χ1) is 17.6. The molecule has 0 atom stereocenters. The maximum absolute atomic E-state index is 11.8. The fraction of sp³-hybridized carbons (Fsp3) is 0.333. The molecule has 2 aromatic carbocycles. The number of benzene rings is 2. The highest BCUT2D eigenvalue weighted by molar-refractivity contribution is 5.87. The number of nitrogens with zero attached hydrogens (tertiary/aromatic N) is 5. The predicted molar refractivity (Wildman–Crippen MR) is 141 cm³/mol. The molecule has 0 spiro atoms. The number of ether oxygens (including phenoxy) is 1. The Morgan fingerprint density at radius 3 is 2.53 bits per heavy atom. The van der Waals surface area contributed by atoms with Crippen molar-refractivity contribution in [1.29, 1.82) is 0 Å². The van der Waals surface area contributed by atoms with Crippen molar-refractivity contribution in [2.24, 2.45) is 0 Å². The number of anilines is 3. The van der Waals surface area contributed by atoms with Crippen molar-refractivity contribution in [2.75, 3.05) is 30.3 Å². The van der Waals surface area contributed by atoms with Gasteiger partial charge in [-0.3, -0.25) is 9.36 Å². The third-order valence-corrected chi connectivity index (χ3v) is 6.15. The second-order valence-corrected chi connectivity index (χ2v) is 9.12. The maximum Gasteiger partial charge on any atom is 0.222 e. The number of carbonyl (C=O) groups excluding carboxylic acids is 1. The lowest BCUT2D eigenvalue weighted by Crippen LogP contribution is -2.27. The number of likely N-dealkylation sites (tertiary alicyclic amines) is 1. The highest BCUT2D eigenvalue weighted by Gasteiger charge is 2.20. The Bertz CT molecular complexity index is 1320. The molecule has 9 nitrogen and oxygen atoms in total. The van der Waals surface area contributed by atoms with Crippen molar-refractivity contribution >= 4 is 34.5 Å². The maximum atomic E-state index is 11.8. The minimum absolute atomic E-state index is 0.162. The van der Waals surface area contributed by atoms with E-state index < -0.39 is 0 Å². The number of para-hydroxylation sites is 1. The zero-order valence-corrected chi connectivity index (χ0v) is 20.6. The number of amides is 1. The van der Waals surface area contributed by atoms with Crippen LogP contribution in [0.4, 0.5) is 17.5 Å². The van der Waals surface area contributed by atoms with Crippen LogP contribution in [-0.2, 0) is 4.79 Å². The molecule has 2 aromatic heterocycles. The van der Waals surface area contributed by atoms with Gasteiger partial charge < -0.3 is 20.3 Å². The van der Waals surface area contributed by atoms with Crippen molar-refractivity contribution in [1.82, 2.24) is 24.4 Å². The summed E-state index contributed by atoms with van der Waals surface area (Å²) in [5.74, 6) is 3.20. The second-order valence-electron chi connectivity index (χ2n) is 9.12. The normalized spacial score (nSPS) is 13.5. The van der Waals surface area contributed by atoms with Crippen LogP contribution in [0.5, 0.6) is 11.5 Å². The van der Waals surface area contributed by atoms with E-state index in [-0.39, 0.29) is 11.9 Å². The van der Waals surface area contributed by atoms with E-state index in [0.29, 0.717) is 17.8 Å². The van der Waals surface area contributed by atoms with Gasteiger partial charge in [-0.2, -0.15) is 0 Å². The van der Waals surface area contributed by atoms with Gasteiger partial charge in [0.25, 0.3) is 0 Å². The summed E-state index contributed by atoms with van der Waals surface area (Å²) in [4.78, 5) is 27.6. The number of hydrogen-bond acceptors (Lipinski definition) is 7. The molecule has 2 N–H and O–H groups in total. The van der Waals surface area contributed by atoms with Crippen LogP contribution in [0.2, 0.25) is 0 Å². The summed E-state index contributed by atoms with van der Waals surface area (Å²) in [6.45, 7) is 6.57. The molecule has 5 rings (SSSR count). The molecular weight excluding hydrogens is 454 g/mol. The lowest BCUT2D eigenvalue weighted by atomic mass is 10.3. The Balaban J connectivity index is 1.30. The predicted octanol–water partition coefficient (Wildman–Crippen LogP) is 5.37. The van der Waals surface area contributed by atoms with Crippen LogP contribution in [0.25, 0.3) is 11.2 Å². The quantitative estimate of drug-likeness (QED) is 0.292. The molecule has 1 aliphatic heterocycles. The van der Waals surface area contributed by atoms with Gasteiger partial charge in [0.05, 0.1) is 0 Å². The molecule has 0 unspecified atom stereocenters. The molecule has 0 bridgehead atoms. The van der Waals surface area contributed by atoms with Crippen LogP contribution in [-0.4, -0.2) is 50.0 Å². The van der Waals surface area contributed by atoms with Gasteiger partial charge in [-0.25, -0.2) is 15.0 Å². The Morgan fingerprint density at radius 1 is 1.03 bits per heavy atom. The van der Waals surface area contributed by atoms with E-state index in [0.717, 1.165) is 61.3 Å². The van der Waals surface area contributed by atoms with Gasteiger partial charge in [-0.1, -0.05) is 18.2 Å². The second kappa shape index (κ2) is 10.6. The topological polar surface area (TPSA) is 97.2 Å². The fourth-order valence-corrected chi connectivity index (χ4v) is 4.39. The summed E-state index contributed by atoms with van der Waals surface area (Å²) in [6, 6.07) is 17.6. The highest BCUT2D eigenvalue weighted by Crippen LogP contribution is 2.29. The van der Waals surface area contributed by atoms with Crippen molar-refractivity contribution in [3.8, 4) is 11.5 Å². The Morgan fingerprint density at radius 2 is 1.81 bits per heavy atom. The average Bonchev–Trinajstić information content (AvgIpc) is 3.47. The molecule has 1 amide bonds. The number of fused-ring (bicyclic) bond motifs is 1. The third kappa shape index (κ3) is 5.25. The van der Waals surface area contributed by atoms with Crippen molar-refractivity contribution in [3.05, 3.63) is 60.9 Å². The lowest BCUT2D eigenvalue weighted by Gasteiger charge is -2.16. The molecule has 9 heteroatoms. The number of nitrogens with one attached hydrogen (secondary N) is 2. The van der Waals surface area contributed by atoms with Crippen LogP contribution in [0.1, 0.15) is 39.2 Å². The zero-order chi connectivity index (χ0) is 24.9. The SMILES string of the molecule is CC(C)n1c(NCCCN2CCCC2=O)nc2c(Nc3ccc(Oc4ccccc4)cc3)ncnc21. The van der Waals surface area contributed by atoms with Gasteiger partial charge in [0, 0.05) is 37.8 Å². The van der Waals surface area contributed by atoms with Gasteiger partial charge in [-0.15, -0.1) is 0 Å². The van der Waals surface area contributed by atoms with Gasteiger partial charge in [0.2, 0.25) is 11.9 Å². The van der Waals surface area contributed by atoms with E-state index in [4.69, 9.17) is 9.72 Å². The van der Waals surface area contributed by atoms with E-state index in [9.17, 15) is 4.79 Å². The minimum Gasteiger partial charge on any atom is -0.457 e. The molecule has 0 saturated carbocycles. The molecule has 1 saturated heterocycles. The molecular formula is C27H31N7O2. The van der Waals surface area contributed by atoms with Crippen molar-refractivity contribution in [2.45, 2.75) is 39.2 Å². The van der Waals surface area contributed by atoms with Crippen molar-refractivity contribution in [3.63, 3.8) is 0 Å². The fourth-order valence-electron chi connectivity index (χ4n) is 4.39. The summed E-state index contributed by atoms with van der Waals surface area (Å²) in [5.41, 5.74) is 2.34. The van der Waals surface area contributed by atoms with Gasteiger partial charge in [0.15, 0.2) is 17.0 Å². The zero-order valence-electron chi connectivity index (χ0n) is 20.6. The summed E-state index contributed by atoms with van der Waals surface area (Å²) >= 11 is 0. The number of carbonyl (C=O) groups is 1. The summed E-state index contributed by atoms with van der Waals surface area (Å²) in [7, 11) is 0. The van der Waals surface area contributed by atoms with Crippen LogP contribution >= 0.6 is 0 Å². The van der Waals surface area contributed by atoms with Gasteiger partial charge in [0.1, 0.15) is 17.8 Å². The number of rotatable bonds is 10. The minimum atomic E-state index is 0.162. The molecule has 186 valence electrons. The van der Waals surface area contributed by atoms with E-state index in [1.165, 1.54) is 0 Å². The van der Waals surface area contributed by atoms with E-state index >= 15 is 0 Å². The van der Waals surface area contributed by atoms with E-state index in [1.54, 1.807) is 6.33 Å². The molecule has 3 heterocycles. The molecule has 0 aliphatic carbocycles. The highest BCUT2D eigenvalue weighted by atomic mass is 16.5. The monoisotopic (exact) mass is 485 g/mol. The first-order valence-corrected chi connectivity index (χ1v) is 12.4. The standard InChI is InChI=1S/C27H31N7O2/c1-19(2)34-26-24(32-27(34)28-15-7-17-33-16-6-10-23(33)35)25(29-18-30-26)31-20-11-13-22(14-12-20)36-21-8-4-3-5-9-21/h3-5,8-9,11-14,18-19H,6-7,10,15-17H2,1-2H3,(H,28,32)(H,29,30,31). The Labute approximate surface area is 210 Å². The summed E-state index contributed by atoms with van der Waals surface area (Å²) < 4.78 is 7.97. The van der Waals surface area contributed by atoms with E-state index in [2.05, 4.69) is 39.0 Å². The number of imidazole rings is 1. The molecule has 36 heavy (non-hydrogen) atoms. The molecule has 1 aliphatic rings. The molecule has 0 radical (unpaired) electrons.